The van der Waals surface area contributed by atoms with Gasteiger partial charge in [0, 0.05) is 25.2 Å². The molecular weight excluding hydrogens is 428 g/mol. The molecule has 0 aromatic heterocycles. The molecule has 0 spiro atoms. The highest BCUT2D eigenvalue weighted by Gasteiger charge is 2.25. The van der Waals surface area contributed by atoms with Crippen LogP contribution >= 0.6 is 0 Å². The number of nitrogens with one attached hydrogen (secondary N) is 3. The van der Waals surface area contributed by atoms with Crippen LogP contribution in [-0.2, 0) is 30.3 Å². The summed E-state index contributed by atoms with van der Waals surface area (Å²) in [5, 5.41) is 7.62. The Morgan fingerprint density at radius 3 is 2.24 bits per heavy atom. The van der Waals surface area contributed by atoms with Crippen molar-refractivity contribution in [3.05, 3.63) is 48.0 Å². The van der Waals surface area contributed by atoms with Crippen LogP contribution < -0.4 is 16.0 Å². The van der Waals surface area contributed by atoms with Crippen LogP contribution in [0.5, 0.6) is 0 Å². The Hall–Kier alpha value is -3.69. The number of benzene rings is 1. The van der Waals surface area contributed by atoms with Crippen LogP contribution in [0, 0.1) is 0 Å². The zero-order valence-electron chi connectivity index (χ0n) is 19.1. The van der Waals surface area contributed by atoms with Gasteiger partial charge in [-0.25, -0.2) is 4.79 Å². The Labute approximate surface area is 192 Å². The summed E-state index contributed by atoms with van der Waals surface area (Å²) in [6.45, 7) is 4.83. The molecule has 0 unspecified atom stereocenters. The maximum absolute atomic E-state index is 12.7. The van der Waals surface area contributed by atoms with Gasteiger partial charge in [0.05, 0.1) is 0 Å². The number of imide groups is 1. The minimum Gasteiger partial charge on any atom is -0.444 e. The first-order valence-corrected chi connectivity index (χ1v) is 10.7. The molecule has 5 amide bonds. The van der Waals surface area contributed by atoms with Gasteiger partial charge in [-0.2, -0.15) is 0 Å². The van der Waals surface area contributed by atoms with Gasteiger partial charge >= 0.3 is 6.09 Å². The fourth-order valence-corrected chi connectivity index (χ4v) is 3.00. The number of amides is 5. The van der Waals surface area contributed by atoms with Gasteiger partial charge in [0.15, 0.2) is 0 Å². The zero-order valence-corrected chi connectivity index (χ0v) is 19.1. The average molecular weight is 459 g/mol. The molecule has 0 bridgehead atoms. The molecule has 1 aliphatic heterocycles. The molecule has 0 radical (unpaired) electrons. The molecule has 0 aliphatic carbocycles. The summed E-state index contributed by atoms with van der Waals surface area (Å²) in [6, 6.07) is 8.60. The molecule has 2 rings (SSSR count). The lowest BCUT2D eigenvalue weighted by Gasteiger charge is -2.21. The van der Waals surface area contributed by atoms with E-state index in [-0.39, 0.29) is 19.6 Å². The van der Waals surface area contributed by atoms with E-state index < -0.39 is 41.4 Å². The fraction of sp³-hybridized carbons (Fsp3) is 0.435. The first-order valence-electron chi connectivity index (χ1n) is 10.7. The predicted octanol–water partition coefficient (Wildman–Crippen LogP) is 0.670. The monoisotopic (exact) mass is 458 g/mol. The standard InChI is InChI=1S/C23H30N4O6/c1-23(2,3)33-22(32)25-15-18(28)26-17(10-9-16-7-5-4-6-8-16)21(31)24-13-14-27-19(29)11-12-20(27)30/h4-8,11-12,17H,9-10,13-15H2,1-3H3,(H,24,31)(H,25,32)(H,26,28)/t17-/m0/s1. The SMILES string of the molecule is CC(C)(C)OC(=O)NCC(=O)N[C@@H](CCc1ccccc1)C(=O)NCCN1C(=O)C=CC1=O. The molecule has 3 N–H and O–H groups in total. The highest BCUT2D eigenvalue weighted by atomic mass is 16.6. The van der Waals surface area contributed by atoms with Crippen molar-refractivity contribution in [3.63, 3.8) is 0 Å². The van der Waals surface area contributed by atoms with Crippen molar-refractivity contribution >= 4 is 29.7 Å². The fourth-order valence-electron chi connectivity index (χ4n) is 3.00. The van der Waals surface area contributed by atoms with E-state index >= 15 is 0 Å². The average Bonchev–Trinajstić information content (AvgIpc) is 3.06. The number of alkyl carbamates (subject to hydrolysis) is 1. The number of aryl methyl sites for hydroxylation is 1. The molecular formula is C23H30N4O6. The topological polar surface area (TPSA) is 134 Å². The molecule has 0 saturated heterocycles. The summed E-state index contributed by atoms with van der Waals surface area (Å²) in [5.41, 5.74) is 0.294. The smallest absolute Gasteiger partial charge is 0.408 e. The highest BCUT2D eigenvalue weighted by molar-refractivity contribution is 6.12. The van der Waals surface area contributed by atoms with Crippen LogP contribution in [0.2, 0.25) is 0 Å². The molecule has 1 aromatic carbocycles. The minimum atomic E-state index is -0.874. The largest absolute Gasteiger partial charge is 0.444 e. The van der Waals surface area contributed by atoms with Crippen molar-refractivity contribution < 1.29 is 28.7 Å². The lowest BCUT2D eigenvalue weighted by molar-refractivity contribution is -0.137. The van der Waals surface area contributed by atoms with Gasteiger partial charge in [0.2, 0.25) is 11.8 Å². The second kappa shape index (κ2) is 11.8. The molecule has 1 aromatic rings. The van der Waals surface area contributed by atoms with Gasteiger partial charge in [-0.15, -0.1) is 0 Å². The summed E-state index contributed by atoms with van der Waals surface area (Å²) in [4.78, 5) is 61.1. The predicted molar refractivity (Wildman–Crippen MR) is 120 cm³/mol. The Balaban J connectivity index is 1.90. The summed E-state index contributed by atoms with van der Waals surface area (Å²) >= 11 is 0. The number of carbonyl (C=O) groups is 5. The van der Waals surface area contributed by atoms with E-state index in [1.807, 2.05) is 30.3 Å². The number of rotatable bonds is 10. The number of nitrogens with zero attached hydrogens (tertiary/aromatic N) is 1. The number of carbonyl (C=O) groups excluding carboxylic acids is 5. The molecule has 10 nitrogen and oxygen atoms in total. The van der Waals surface area contributed by atoms with Crippen LogP contribution in [0.1, 0.15) is 32.8 Å². The van der Waals surface area contributed by atoms with Gasteiger partial charge < -0.3 is 20.7 Å². The number of hydrogen-bond donors (Lipinski definition) is 3. The van der Waals surface area contributed by atoms with E-state index in [1.165, 1.54) is 12.2 Å². The van der Waals surface area contributed by atoms with E-state index in [1.54, 1.807) is 20.8 Å². The molecule has 178 valence electrons. The third-order valence-corrected chi connectivity index (χ3v) is 4.54. The van der Waals surface area contributed by atoms with Crippen molar-refractivity contribution in [1.82, 2.24) is 20.9 Å². The minimum absolute atomic E-state index is 0.0238. The van der Waals surface area contributed by atoms with Crippen molar-refractivity contribution in [2.24, 2.45) is 0 Å². The molecule has 1 atom stereocenters. The van der Waals surface area contributed by atoms with Gasteiger partial charge in [0.1, 0.15) is 18.2 Å². The highest BCUT2D eigenvalue weighted by Crippen LogP contribution is 2.07. The molecule has 0 fully saturated rings. The lowest BCUT2D eigenvalue weighted by atomic mass is 10.0. The molecule has 1 heterocycles. The van der Waals surface area contributed by atoms with Crippen molar-refractivity contribution in [3.8, 4) is 0 Å². The Morgan fingerprint density at radius 1 is 1.00 bits per heavy atom. The van der Waals surface area contributed by atoms with Gasteiger partial charge in [0.25, 0.3) is 11.8 Å². The first kappa shape index (κ1) is 25.6. The number of ether oxygens (including phenoxy) is 1. The number of hydrogen-bond acceptors (Lipinski definition) is 6. The van der Waals surface area contributed by atoms with Gasteiger partial charge in [-0.1, -0.05) is 30.3 Å². The van der Waals surface area contributed by atoms with Crippen LogP contribution in [0.25, 0.3) is 0 Å². The van der Waals surface area contributed by atoms with E-state index in [9.17, 15) is 24.0 Å². The van der Waals surface area contributed by atoms with E-state index in [2.05, 4.69) is 16.0 Å². The Kier molecular flexibility index (Phi) is 9.14. The second-order valence-corrected chi connectivity index (χ2v) is 8.45. The van der Waals surface area contributed by atoms with Crippen LogP contribution in [-0.4, -0.2) is 65.9 Å². The van der Waals surface area contributed by atoms with Crippen molar-refractivity contribution in [1.29, 1.82) is 0 Å². The van der Waals surface area contributed by atoms with Gasteiger partial charge in [-0.05, 0) is 39.2 Å². The zero-order chi connectivity index (χ0) is 24.4. The summed E-state index contributed by atoms with van der Waals surface area (Å²) in [6.07, 6.45) is 2.45. The van der Waals surface area contributed by atoms with Gasteiger partial charge in [-0.3, -0.25) is 24.1 Å². The second-order valence-electron chi connectivity index (χ2n) is 8.45. The maximum Gasteiger partial charge on any atom is 0.408 e. The normalized spacial score (nSPS) is 14.1. The first-order chi connectivity index (χ1) is 15.5. The van der Waals surface area contributed by atoms with E-state index in [4.69, 9.17) is 4.74 Å². The van der Waals surface area contributed by atoms with Crippen LogP contribution in [0.4, 0.5) is 4.79 Å². The van der Waals surface area contributed by atoms with Crippen molar-refractivity contribution in [2.45, 2.75) is 45.3 Å². The van der Waals surface area contributed by atoms with Crippen molar-refractivity contribution in [2.75, 3.05) is 19.6 Å². The summed E-state index contributed by atoms with van der Waals surface area (Å²) < 4.78 is 5.09. The van der Waals surface area contributed by atoms with Crippen LogP contribution in [0.3, 0.4) is 0 Å². The lowest BCUT2D eigenvalue weighted by Crippen LogP contribution is -2.51. The molecule has 1 aliphatic rings. The van der Waals surface area contributed by atoms with E-state index in [0.29, 0.717) is 12.8 Å². The quantitative estimate of drug-likeness (QED) is 0.441. The van der Waals surface area contributed by atoms with Crippen LogP contribution in [0.15, 0.2) is 42.5 Å². The summed E-state index contributed by atoms with van der Waals surface area (Å²) in [7, 11) is 0. The molecule has 0 saturated carbocycles. The molecule has 10 heteroatoms. The maximum atomic E-state index is 12.7. The third kappa shape index (κ3) is 9.14. The molecule has 33 heavy (non-hydrogen) atoms. The third-order valence-electron chi connectivity index (χ3n) is 4.54. The Morgan fingerprint density at radius 2 is 1.64 bits per heavy atom. The Bertz CT molecular complexity index is 889. The summed E-state index contributed by atoms with van der Waals surface area (Å²) in [5.74, 6) is -1.88. The van der Waals surface area contributed by atoms with E-state index in [0.717, 1.165) is 10.5 Å².